The molecule has 114 valence electrons. The molecule has 0 saturated heterocycles. The Morgan fingerprint density at radius 1 is 1.45 bits per heavy atom. The molecule has 1 rings (SSSR count). The van der Waals surface area contributed by atoms with Gasteiger partial charge in [-0.05, 0) is 56.9 Å². The molecule has 0 fully saturated rings. The fraction of sp³-hybridized carbons (Fsp3) is 0.667. The Morgan fingerprint density at radius 3 is 2.65 bits per heavy atom. The third-order valence-corrected chi connectivity index (χ3v) is 4.58. The largest absolute Gasteiger partial charge is 0.392 e. The summed E-state index contributed by atoms with van der Waals surface area (Å²) in [5.74, 6) is 0.585. The monoisotopic (exact) mass is 278 g/mol. The maximum absolute atomic E-state index is 9.47. The van der Waals surface area contributed by atoms with Crippen LogP contribution in [0.15, 0.2) is 34.9 Å². The van der Waals surface area contributed by atoms with Gasteiger partial charge in [-0.1, -0.05) is 43.2 Å². The second-order valence-electron chi connectivity index (χ2n) is 6.70. The molecule has 2 heteroatoms. The average molecular weight is 278 g/mol. The van der Waals surface area contributed by atoms with E-state index in [1.54, 1.807) is 6.92 Å². The molecule has 1 aliphatic rings. The molecule has 0 amide bonds. The van der Waals surface area contributed by atoms with Crippen molar-refractivity contribution in [1.29, 1.82) is 0 Å². The van der Waals surface area contributed by atoms with Gasteiger partial charge in [0.25, 0.3) is 0 Å². The lowest BCUT2D eigenvalue weighted by Crippen LogP contribution is -2.30. The zero-order chi connectivity index (χ0) is 15.3. The Balaban J connectivity index is 2.95. The summed E-state index contributed by atoms with van der Waals surface area (Å²) in [5, 5.41) is 18.6. The van der Waals surface area contributed by atoms with Gasteiger partial charge in [0.2, 0.25) is 0 Å². The molecule has 0 bridgehead atoms. The smallest absolute Gasteiger partial charge is 0.0695 e. The minimum Gasteiger partial charge on any atom is -0.392 e. The molecule has 0 heterocycles. The first-order valence-corrected chi connectivity index (χ1v) is 7.62. The zero-order valence-corrected chi connectivity index (χ0v) is 13.6. The minimum absolute atomic E-state index is 0.111. The van der Waals surface area contributed by atoms with Crippen molar-refractivity contribution >= 4 is 0 Å². The number of aliphatic hydroxyl groups is 2. The van der Waals surface area contributed by atoms with Gasteiger partial charge in [-0.25, -0.2) is 0 Å². The number of hydrogen-bond donors (Lipinski definition) is 2. The first-order valence-electron chi connectivity index (χ1n) is 7.62. The van der Waals surface area contributed by atoms with Gasteiger partial charge in [0, 0.05) is 0 Å². The first-order chi connectivity index (χ1) is 9.28. The second kappa shape index (κ2) is 7.24. The first kappa shape index (κ1) is 17.2. The highest BCUT2D eigenvalue weighted by atomic mass is 16.3. The van der Waals surface area contributed by atoms with E-state index in [4.69, 9.17) is 5.11 Å². The quantitative estimate of drug-likeness (QED) is 0.746. The van der Waals surface area contributed by atoms with Crippen LogP contribution in [-0.4, -0.2) is 22.9 Å². The van der Waals surface area contributed by atoms with Crippen molar-refractivity contribution < 1.29 is 10.2 Å². The van der Waals surface area contributed by atoms with Gasteiger partial charge in [-0.2, -0.15) is 0 Å². The maximum Gasteiger partial charge on any atom is 0.0695 e. The lowest BCUT2D eigenvalue weighted by molar-refractivity contribution is 0.231. The van der Waals surface area contributed by atoms with Crippen molar-refractivity contribution in [3.63, 3.8) is 0 Å². The highest BCUT2D eigenvalue weighted by molar-refractivity contribution is 5.34. The van der Waals surface area contributed by atoms with Gasteiger partial charge in [0.05, 0.1) is 12.7 Å². The van der Waals surface area contributed by atoms with E-state index < -0.39 is 6.10 Å². The van der Waals surface area contributed by atoms with Crippen molar-refractivity contribution in [1.82, 2.24) is 0 Å². The van der Waals surface area contributed by atoms with Gasteiger partial charge in [0.1, 0.15) is 0 Å². The molecule has 0 radical (unpaired) electrons. The molecular formula is C18H30O2. The lowest BCUT2D eigenvalue weighted by Gasteiger charge is -2.41. The predicted octanol–water partition coefficient (Wildman–Crippen LogP) is 4.00. The van der Waals surface area contributed by atoms with Crippen LogP contribution in [0.2, 0.25) is 0 Å². The van der Waals surface area contributed by atoms with Crippen LogP contribution in [0.1, 0.15) is 53.9 Å². The maximum atomic E-state index is 9.47. The molecule has 0 aromatic heterocycles. The van der Waals surface area contributed by atoms with Gasteiger partial charge >= 0.3 is 0 Å². The van der Waals surface area contributed by atoms with Crippen LogP contribution < -0.4 is 0 Å². The second-order valence-corrected chi connectivity index (χ2v) is 6.70. The van der Waals surface area contributed by atoms with E-state index in [0.717, 1.165) is 18.4 Å². The molecule has 2 N–H and O–H groups in total. The van der Waals surface area contributed by atoms with E-state index in [2.05, 4.69) is 32.9 Å². The lowest BCUT2D eigenvalue weighted by atomic mass is 9.64. The molecule has 2 atom stereocenters. The number of hydrogen-bond acceptors (Lipinski definition) is 2. The Morgan fingerprint density at radius 2 is 2.10 bits per heavy atom. The molecule has 20 heavy (non-hydrogen) atoms. The van der Waals surface area contributed by atoms with E-state index in [1.165, 1.54) is 17.6 Å². The van der Waals surface area contributed by atoms with E-state index in [1.807, 2.05) is 13.0 Å². The molecule has 0 aromatic carbocycles. The van der Waals surface area contributed by atoms with Crippen LogP contribution in [0.4, 0.5) is 0 Å². The summed E-state index contributed by atoms with van der Waals surface area (Å²) in [5.41, 5.74) is 3.96. The molecule has 1 aliphatic carbocycles. The van der Waals surface area contributed by atoms with Crippen LogP contribution in [-0.2, 0) is 0 Å². The van der Waals surface area contributed by atoms with Crippen LogP contribution >= 0.6 is 0 Å². The zero-order valence-electron chi connectivity index (χ0n) is 13.6. The molecule has 0 aliphatic heterocycles. The van der Waals surface area contributed by atoms with Crippen molar-refractivity contribution in [3.8, 4) is 0 Å². The fourth-order valence-corrected chi connectivity index (χ4v) is 3.07. The number of aliphatic hydroxyl groups excluding tert-OH is 2. The summed E-state index contributed by atoms with van der Waals surface area (Å²) in [6.07, 6.45) is 9.08. The van der Waals surface area contributed by atoms with E-state index in [0.29, 0.717) is 5.92 Å². The number of allylic oxidation sites excluding steroid dienone is 4. The summed E-state index contributed by atoms with van der Waals surface area (Å²) in [6.45, 7) is 10.7. The molecule has 0 spiro atoms. The SMILES string of the molecule is CC1=C(/C=C/C(C)O)C(C)(C)C(C/C=C(\C)CO)CC1. The van der Waals surface area contributed by atoms with Crippen LogP contribution in [0.25, 0.3) is 0 Å². The van der Waals surface area contributed by atoms with Crippen molar-refractivity contribution in [2.24, 2.45) is 11.3 Å². The highest BCUT2D eigenvalue weighted by Gasteiger charge is 2.35. The normalized spacial score (nSPS) is 25.4. The minimum atomic E-state index is -0.400. The standard InChI is InChI=1S/C18H30O2/c1-13(12-19)6-9-16-10-7-14(2)17(18(16,4)5)11-8-15(3)20/h6,8,11,15-16,19-20H,7,9-10,12H2,1-5H3/b11-8+,13-6+. The fourth-order valence-electron chi connectivity index (χ4n) is 3.07. The summed E-state index contributed by atoms with van der Waals surface area (Å²) in [6, 6.07) is 0. The van der Waals surface area contributed by atoms with Gasteiger partial charge in [-0.15, -0.1) is 0 Å². The van der Waals surface area contributed by atoms with E-state index in [-0.39, 0.29) is 12.0 Å². The third-order valence-electron chi connectivity index (χ3n) is 4.58. The average Bonchev–Trinajstić information content (AvgIpc) is 2.36. The Bertz CT molecular complexity index is 411. The Hall–Kier alpha value is -0.860. The summed E-state index contributed by atoms with van der Waals surface area (Å²) < 4.78 is 0. The van der Waals surface area contributed by atoms with Crippen LogP contribution in [0, 0.1) is 11.3 Å². The third kappa shape index (κ3) is 4.32. The van der Waals surface area contributed by atoms with E-state index in [9.17, 15) is 5.11 Å². The molecular weight excluding hydrogens is 248 g/mol. The van der Waals surface area contributed by atoms with Crippen molar-refractivity contribution in [3.05, 3.63) is 34.9 Å². The molecule has 0 saturated carbocycles. The van der Waals surface area contributed by atoms with Crippen molar-refractivity contribution in [2.45, 2.75) is 60.0 Å². The Labute approximate surface area is 123 Å². The van der Waals surface area contributed by atoms with Gasteiger partial charge < -0.3 is 10.2 Å². The molecule has 2 nitrogen and oxygen atoms in total. The summed E-state index contributed by atoms with van der Waals surface area (Å²) in [4.78, 5) is 0. The van der Waals surface area contributed by atoms with Crippen molar-refractivity contribution in [2.75, 3.05) is 6.61 Å². The topological polar surface area (TPSA) is 40.5 Å². The van der Waals surface area contributed by atoms with Crippen LogP contribution in [0.5, 0.6) is 0 Å². The van der Waals surface area contributed by atoms with E-state index >= 15 is 0 Å². The molecule has 2 unspecified atom stereocenters. The summed E-state index contributed by atoms with van der Waals surface area (Å²) >= 11 is 0. The van der Waals surface area contributed by atoms with Gasteiger partial charge in [-0.3, -0.25) is 0 Å². The predicted molar refractivity (Wildman–Crippen MR) is 85.5 cm³/mol. The van der Waals surface area contributed by atoms with Gasteiger partial charge in [0.15, 0.2) is 0 Å². The summed E-state index contributed by atoms with van der Waals surface area (Å²) in [7, 11) is 0. The van der Waals surface area contributed by atoms with Crippen LogP contribution in [0.3, 0.4) is 0 Å². The highest BCUT2D eigenvalue weighted by Crippen LogP contribution is 2.46. The number of rotatable bonds is 5. The molecule has 0 aromatic rings. The Kier molecular flexibility index (Phi) is 6.22.